The van der Waals surface area contributed by atoms with Gasteiger partial charge in [0, 0.05) is 12.0 Å². The molecule has 1 unspecified atom stereocenters. The molecule has 0 radical (unpaired) electrons. The molecule has 0 aliphatic rings. The summed E-state index contributed by atoms with van der Waals surface area (Å²) in [6.45, 7) is 5.23. The first-order valence-corrected chi connectivity index (χ1v) is 9.45. The smallest absolute Gasteiger partial charge is 0.329 e. The number of methoxy groups -OCH3 is 1. The molecule has 6 nitrogen and oxygen atoms in total. The van der Waals surface area contributed by atoms with Crippen LogP contribution in [0.3, 0.4) is 0 Å². The van der Waals surface area contributed by atoms with Crippen LogP contribution in [0.25, 0.3) is 11.1 Å². The molecule has 2 aromatic rings. The van der Waals surface area contributed by atoms with Crippen LogP contribution in [0.2, 0.25) is 0 Å². The number of benzene rings is 2. The molecule has 0 fully saturated rings. The van der Waals surface area contributed by atoms with Crippen LogP contribution in [0.4, 0.5) is 0 Å². The van der Waals surface area contributed by atoms with Crippen LogP contribution in [0, 0.1) is 0 Å². The minimum absolute atomic E-state index is 0.00631. The SMILES string of the molecule is COC(=O)CCC(NC(=O)c1ccc(-c2ccccc2)cc1)C(=O)OC(C)(C)C. The highest BCUT2D eigenvalue weighted by Gasteiger charge is 2.27. The minimum Gasteiger partial charge on any atom is -0.469 e. The van der Waals surface area contributed by atoms with Crippen molar-refractivity contribution in [2.24, 2.45) is 0 Å². The molecule has 2 rings (SSSR count). The van der Waals surface area contributed by atoms with Crippen molar-refractivity contribution in [2.45, 2.75) is 45.3 Å². The van der Waals surface area contributed by atoms with Crippen molar-refractivity contribution in [2.75, 3.05) is 7.11 Å². The maximum Gasteiger partial charge on any atom is 0.329 e. The van der Waals surface area contributed by atoms with Crippen molar-refractivity contribution in [1.82, 2.24) is 5.32 Å². The summed E-state index contributed by atoms with van der Waals surface area (Å²) in [4.78, 5) is 36.6. The average molecular weight is 397 g/mol. The van der Waals surface area contributed by atoms with Gasteiger partial charge in [-0.25, -0.2) is 4.79 Å². The number of carbonyl (C=O) groups excluding carboxylic acids is 3. The van der Waals surface area contributed by atoms with Crippen LogP contribution in [0.15, 0.2) is 54.6 Å². The number of rotatable bonds is 7. The summed E-state index contributed by atoms with van der Waals surface area (Å²) >= 11 is 0. The quantitative estimate of drug-likeness (QED) is 0.720. The van der Waals surface area contributed by atoms with Crippen molar-refractivity contribution in [3.05, 3.63) is 60.2 Å². The fourth-order valence-corrected chi connectivity index (χ4v) is 2.67. The first-order valence-electron chi connectivity index (χ1n) is 9.45. The van der Waals surface area contributed by atoms with Gasteiger partial charge in [-0.2, -0.15) is 0 Å². The fourth-order valence-electron chi connectivity index (χ4n) is 2.67. The molecule has 0 bridgehead atoms. The third-order valence-electron chi connectivity index (χ3n) is 4.12. The first kappa shape index (κ1) is 22.1. The molecule has 0 saturated carbocycles. The highest BCUT2D eigenvalue weighted by atomic mass is 16.6. The molecule has 0 heterocycles. The van der Waals surface area contributed by atoms with Crippen LogP contribution >= 0.6 is 0 Å². The van der Waals surface area contributed by atoms with Gasteiger partial charge in [-0.15, -0.1) is 0 Å². The maximum atomic E-state index is 12.7. The first-order chi connectivity index (χ1) is 13.7. The van der Waals surface area contributed by atoms with Crippen molar-refractivity contribution in [3.63, 3.8) is 0 Å². The van der Waals surface area contributed by atoms with E-state index in [0.717, 1.165) is 11.1 Å². The zero-order valence-electron chi connectivity index (χ0n) is 17.2. The zero-order chi connectivity index (χ0) is 21.4. The zero-order valence-corrected chi connectivity index (χ0v) is 17.2. The van der Waals surface area contributed by atoms with Crippen LogP contribution in [0.1, 0.15) is 44.0 Å². The van der Waals surface area contributed by atoms with Gasteiger partial charge >= 0.3 is 11.9 Å². The third kappa shape index (κ3) is 7.07. The molecule has 0 aromatic heterocycles. The monoisotopic (exact) mass is 397 g/mol. The van der Waals surface area contributed by atoms with Gasteiger partial charge in [-0.1, -0.05) is 42.5 Å². The Kier molecular flexibility index (Phi) is 7.53. The summed E-state index contributed by atoms with van der Waals surface area (Å²) in [6.07, 6.45) is 0.0864. The molecule has 1 amide bonds. The van der Waals surface area contributed by atoms with E-state index < -0.39 is 29.5 Å². The molecule has 29 heavy (non-hydrogen) atoms. The van der Waals surface area contributed by atoms with E-state index in [0.29, 0.717) is 5.56 Å². The lowest BCUT2D eigenvalue weighted by atomic mass is 10.0. The van der Waals surface area contributed by atoms with E-state index >= 15 is 0 Å². The van der Waals surface area contributed by atoms with E-state index in [1.165, 1.54) is 7.11 Å². The van der Waals surface area contributed by atoms with Gasteiger partial charge in [0.25, 0.3) is 5.91 Å². The Morgan fingerprint density at radius 3 is 2.07 bits per heavy atom. The molecule has 0 aliphatic carbocycles. The van der Waals surface area contributed by atoms with Crippen molar-refractivity contribution >= 4 is 17.8 Å². The van der Waals surface area contributed by atoms with Crippen LogP contribution in [-0.4, -0.2) is 36.6 Å². The van der Waals surface area contributed by atoms with E-state index in [4.69, 9.17) is 4.74 Å². The normalized spacial score (nSPS) is 12.0. The molecule has 1 atom stereocenters. The topological polar surface area (TPSA) is 81.7 Å². The molecular formula is C23H27NO5. The second-order valence-electron chi connectivity index (χ2n) is 7.62. The van der Waals surface area contributed by atoms with E-state index in [1.54, 1.807) is 32.9 Å². The lowest BCUT2D eigenvalue weighted by molar-refractivity contribution is -0.157. The number of ether oxygens (including phenoxy) is 2. The number of hydrogen-bond donors (Lipinski definition) is 1. The Balaban J connectivity index is 2.11. The van der Waals surface area contributed by atoms with Crippen molar-refractivity contribution in [3.8, 4) is 11.1 Å². The third-order valence-corrected chi connectivity index (χ3v) is 4.12. The summed E-state index contributed by atoms with van der Waals surface area (Å²) in [6, 6.07) is 16.0. The molecule has 2 aromatic carbocycles. The van der Waals surface area contributed by atoms with Gasteiger partial charge < -0.3 is 14.8 Å². The second-order valence-corrected chi connectivity index (χ2v) is 7.62. The van der Waals surface area contributed by atoms with E-state index in [-0.39, 0.29) is 12.8 Å². The summed E-state index contributed by atoms with van der Waals surface area (Å²) in [5, 5.41) is 2.67. The second kappa shape index (κ2) is 9.87. The molecule has 0 aliphatic heterocycles. The molecule has 1 N–H and O–H groups in total. The Morgan fingerprint density at radius 2 is 1.52 bits per heavy atom. The summed E-state index contributed by atoms with van der Waals surface area (Å²) in [7, 11) is 1.28. The summed E-state index contributed by atoms with van der Waals surface area (Å²) in [5.41, 5.74) is 1.74. The lowest BCUT2D eigenvalue weighted by Gasteiger charge is -2.24. The van der Waals surface area contributed by atoms with Crippen LogP contribution in [-0.2, 0) is 19.1 Å². The number of esters is 2. The molecular weight excluding hydrogens is 370 g/mol. The number of hydrogen-bond acceptors (Lipinski definition) is 5. The average Bonchev–Trinajstić information content (AvgIpc) is 2.70. The largest absolute Gasteiger partial charge is 0.469 e. The number of nitrogens with one attached hydrogen (secondary N) is 1. The van der Waals surface area contributed by atoms with Gasteiger partial charge in [-0.05, 0) is 50.5 Å². The van der Waals surface area contributed by atoms with E-state index in [1.807, 2.05) is 42.5 Å². The Morgan fingerprint density at radius 1 is 0.931 bits per heavy atom. The predicted octanol–water partition coefficient (Wildman–Crippen LogP) is 3.75. The maximum absolute atomic E-state index is 12.7. The standard InChI is InChI=1S/C23H27NO5/c1-23(2,3)29-22(27)19(14-15-20(25)28-4)24-21(26)18-12-10-17(11-13-18)16-8-6-5-7-9-16/h5-13,19H,14-15H2,1-4H3,(H,24,26). The van der Waals surface area contributed by atoms with Gasteiger partial charge in [0.05, 0.1) is 7.11 Å². The number of amides is 1. The summed E-state index contributed by atoms with van der Waals surface area (Å²) in [5.74, 6) is -1.46. The van der Waals surface area contributed by atoms with Crippen molar-refractivity contribution < 1.29 is 23.9 Å². The minimum atomic E-state index is -0.949. The molecule has 6 heteroatoms. The Bertz CT molecular complexity index is 838. The summed E-state index contributed by atoms with van der Waals surface area (Å²) < 4.78 is 10.00. The highest BCUT2D eigenvalue weighted by Crippen LogP contribution is 2.19. The predicted molar refractivity (Wildman–Crippen MR) is 110 cm³/mol. The van der Waals surface area contributed by atoms with Gasteiger partial charge in [0.1, 0.15) is 11.6 Å². The van der Waals surface area contributed by atoms with Crippen LogP contribution < -0.4 is 5.32 Å². The Labute approximate surface area is 171 Å². The van der Waals surface area contributed by atoms with E-state index in [9.17, 15) is 14.4 Å². The molecule has 0 spiro atoms. The van der Waals surface area contributed by atoms with Crippen molar-refractivity contribution in [1.29, 1.82) is 0 Å². The van der Waals surface area contributed by atoms with E-state index in [2.05, 4.69) is 10.1 Å². The molecule has 0 saturated heterocycles. The van der Waals surface area contributed by atoms with Gasteiger partial charge in [0.15, 0.2) is 0 Å². The fraction of sp³-hybridized carbons (Fsp3) is 0.348. The van der Waals surface area contributed by atoms with Gasteiger partial charge in [0.2, 0.25) is 0 Å². The lowest BCUT2D eigenvalue weighted by Crippen LogP contribution is -2.44. The highest BCUT2D eigenvalue weighted by molar-refractivity contribution is 5.97. The number of carbonyl (C=O) groups is 3. The Hall–Kier alpha value is -3.15. The van der Waals surface area contributed by atoms with Gasteiger partial charge in [-0.3, -0.25) is 9.59 Å². The van der Waals surface area contributed by atoms with Crippen LogP contribution in [0.5, 0.6) is 0 Å². The molecule has 154 valence electrons.